The number of aliphatic carboxylic acids is 2. The topological polar surface area (TPSA) is 74.6 Å². The summed E-state index contributed by atoms with van der Waals surface area (Å²) in [4.78, 5) is 21.3. The molecule has 0 aliphatic carbocycles. The average Bonchev–Trinajstić information content (AvgIpc) is 2.13. The molecule has 0 unspecified atom stereocenters. The summed E-state index contributed by atoms with van der Waals surface area (Å²) < 4.78 is 0.800. The predicted octanol–water partition coefficient (Wildman–Crippen LogP) is 0.480. The number of halogens is 1. The average molecular weight is 321 g/mol. The summed E-state index contributed by atoms with van der Waals surface area (Å²) in [5.41, 5.74) is 0.680. The van der Waals surface area contributed by atoms with Crippen LogP contribution in [0.2, 0.25) is 0 Å². The van der Waals surface area contributed by atoms with Gasteiger partial charge in [0.15, 0.2) is 5.92 Å². The Morgan fingerprint density at radius 1 is 1.18 bits per heavy atom. The van der Waals surface area contributed by atoms with Crippen molar-refractivity contribution in [3.8, 4) is 0 Å². The van der Waals surface area contributed by atoms with Gasteiger partial charge in [-0.15, -0.1) is 0 Å². The van der Waals surface area contributed by atoms with Crippen LogP contribution in [0.3, 0.4) is 0 Å². The van der Waals surface area contributed by atoms with Crippen LogP contribution in [-0.4, -0.2) is 81.3 Å². The van der Waals surface area contributed by atoms with E-state index in [1.54, 1.807) is 24.3 Å². The molecule has 2 N–H and O–H groups in total. The zero-order valence-electron chi connectivity index (χ0n) is 7.68. The van der Waals surface area contributed by atoms with Gasteiger partial charge in [-0.2, -0.15) is 0 Å². The Balaban J connectivity index is 0. The first-order valence-corrected chi connectivity index (χ1v) is 5.00. The number of benzene rings is 1. The van der Waals surface area contributed by atoms with Gasteiger partial charge in [-0.05, 0) is 24.1 Å². The minimum atomic E-state index is -1.39. The zero-order chi connectivity index (χ0) is 11.4. The van der Waals surface area contributed by atoms with Crippen molar-refractivity contribution < 1.29 is 19.8 Å². The molecule has 1 rings (SSSR count). The molecule has 84 valence electrons. The first-order chi connectivity index (χ1) is 7.00. The summed E-state index contributed by atoms with van der Waals surface area (Å²) in [7, 11) is 0. The summed E-state index contributed by atoms with van der Waals surface area (Å²) in [6, 6.07) is 6.93. The molecule has 0 fully saturated rings. The van der Waals surface area contributed by atoms with Gasteiger partial charge >= 0.3 is 71.1 Å². The first kappa shape index (κ1) is 20.0. The van der Waals surface area contributed by atoms with Crippen LogP contribution < -0.4 is 0 Å². The van der Waals surface area contributed by atoms with Crippen molar-refractivity contribution in [2.24, 2.45) is 5.92 Å². The van der Waals surface area contributed by atoms with Gasteiger partial charge in [0.25, 0.3) is 0 Å². The van der Waals surface area contributed by atoms with E-state index < -0.39 is 17.9 Å². The summed E-state index contributed by atoms with van der Waals surface area (Å²) >= 11 is 3.23. The van der Waals surface area contributed by atoms with E-state index >= 15 is 0 Å². The molecule has 0 atom stereocenters. The van der Waals surface area contributed by atoms with Crippen LogP contribution in [0.15, 0.2) is 28.7 Å². The van der Waals surface area contributed by atoms with Crippen LogP contribution >= 0.6 is 15.9 Å². The van der Waals surface area contributed by atoms with Crippen LogP contribution in [0.5, 0.6) is 0 Å². The minimum absolute atomic E-state index is 0. The summed E-state index contributed by atoms with van der Waals surface area (Å²) in [5, 5.41) is 17.4. The molecule has 17 heavy (non-hydrogen) atoms. The SMILES string of the molecule is O=C(O)C(Cc1cccc(Br)c1)C(=O)O.[NaH].[NaH]. The fourth-order valence-corrected chi connectivity index (χ4v) is 1.63. The molecule has 0 spiro atoms. The maximum atomic E-state index is 10.6. The Hall–Kier alpha value is 0.640. The normalized spacial score (nSPS) is 9.06. The molecule has 0 aromatic heterocycles. The van der Waals surface area contributed by atoms with Gasteiger partial charge in [0.1, 0.15) is 0 Å². The Kier molecular flexibility index (Phi) is 11.2. The van der Waals surface area contributed by atoms with Gasteiger partial charge in [0.2, 0.25) is 0 Å². The molecular formula is C10H11BrNa2O4. The van der Waals surface area contributed by atoms with Gasteiger partial charge < -0.3 is 10.2 Å². The predicted molar refractivity (Wildman–Crippen MR) is 70.9 cm³/mol. The maximum absolute atomic E-state index is 10.6. The standard InChI is InChI=1S/C10H9BrO4.2Na.2H/c11-7-3-1-2-6(4-7)5-8(9(12)13)10(14)15;;;;/h1-4,8H,5H2,(H,12,13)(H,14,15);;;;. The van der Waals surface area contributed by atoms with Crippen molar-refractivity contribution in [3.05, 3.63) is 34.3 Å². The van der Waals surface area contributed by atoms with Crippen molar-refractivity contribution in [2.75, 3.05) is 0 Å². The van der Waals surface area contributed by atoms with E-state index in [9.17, 15) is 9.59 Å². The molecule has 1 aromatic rings. The van der Waals surface area contributed by atoms with Gasteiger partial charge in [0.05, 0.1) is 0 Å². The Morgan fingerprint density at radius 2 is 1.71 bits per heavy atom. The second-order valence-electron chi connectivity index (χ2n) is 3.06. The molecule has 0 radical (unpaired) electrons. The second kappa shape index (κ2) is 9.55. The first-order valence-electron chi connectivity index (χ1n) is 4.20. The number of hydrogen-bond acceptors (Lipinski definition) is 2. The molecule has 0 bridgehead atoms. The molecular weight excluding hydrogens is 310 g/mol. The van der Waals surface area contributed by atoms with Crippen LogP contribution in [-0.2, 0) is 16.0 Å². The molecule has 0 saturated heterocycles. The van der Waals surface area contributed by atoms with Gasteiger partial charge in [0, 0.05) is 4.47 Å². The molecule has 0 saturated carbocycles. The number of hydrogen-bond donors (Lipinski definition) is 2. The van der Waals surface area contributed by atoms with Crippen LogP contribution in [0.1, 0.15) is 5.56 Å². The van der Waals surface area contributed by atoms with E-state index in [4.69, 9.17) is 10.2 Å². The summed E-state index contributed by atoms with van der Waals surface area (Å²) in [5.74, 6) is -4.02. The van der Waals surface area contributed by atoms with E-state index in [1.165, 1.54) is 0 Å². The number of carbonyl (C=O) groups is 2. The van der Waals surface area contributed by atoms with Gasteiger partial charge in [-0.1, -0.05) is 28.1 Å². The third kappa shape index (κ3) is 6.96. The summed E-state index contributed by atoms with van der Waals surface area (Å²) in [6.07, 6.45) is -0.00981. The van der Waals surface area contributed by atoms with E-state index in [0.717, 1.165) is 4.47 Å². The third-order valence-electron chi connectivity index (χ3n) is 1.93. The fourth-order valence-electron chi connectivity index (χ4n) is 1.18. The Morgan fingerprint density at radius 3 is 2.12 bits per heavy atom. The van der Waals surface area contributed by atoms with Crippen molar-refractivity contribution in [2.45, 2.75) is 6.42 Å². The molecule has 0 heterocycles. The third-order valence-corrected chi connectivity index (χ3v) is 2.42. The van der Waals surface area contributed by atoms with E-state index in [-0.39, 0.29) is 65.5 Å². The summed E-state index contributed by atoms with van der Waals surface area (Å²) in [6.45, 7) is 0. The van der Waals surface area contributed by atoms with Crippen LogP contribution in [0, 0.1) is 5.92 Å². The van der Waals surface area contributed by atoms with Crippen molar-refractivity contribution in [3.63, 3.8) is 0 Å². The van der Waals surface area contributed by atoms with E-state index in [0.29, 0.717) is 5.56 Å². The molecule has 7 heteroatoms. The monoisotopic (exact) mass is 320 g/mol. The van der Waals surface area contributed by atoms with Crippen molar-refractivity contribution in [1.82, 2.24) is 0 Å². The van der Waals surface area contributed by atoms with E-state index in [1.807, 2.05) is 0 Å². The molecule has 0 amide bonds. The van der Waals surface area contributed by atoms with Crippen molar-refractivity contribution in [1.29, 1.82) is 0 Å². The quantitative estimate of drug-likeness (QED) is 0.625. The fraction of sp³-hybridized carbons (Fsp3) is 0.200. The molecule has 0 aliphatic rings. The van der Waals surface area contributed by atoms with Crippen LogP contribution in [0.25, 0.3) is 0 Å². The Labute approximate surface area is 151 Å². The number of carboxylic acids is 2. The molecule has 4 nitrogen and oxygen atoms in total. The second-order valence-corrected chi connectivity index (χ2v) is 3.98. The zero-order valence-corrected chi connectivity index (χ0v) is 9.27. The number of carboxylic acid groups (broad SMARTS) is 2. The Bertz CT molecular complexity index is 384. The van der Waals surface area contributed by atoms with Gasteiger partial charge in [-0.3, -0.25) is 9.59 Å². The van der Waals surface area contributed by atoms with Crippen LogP contribution in [0.4, 0.5) is 0 Å². The van der Waals surface area contributed by atoms with Gasteiger partial charge in [-0.25, -0.2) is 0 Å². The molecule has 1 aromatic carbocycles. The van der Waals surface area contributed by atoms with Crippen molar-refractivity contribution >= 4 is 87.0 Å². The number of rotatable bonds is 4. The van der Waals surface area contributed by atoms with E-state index in [2.05, 4.69) is 15.9 Å². The molecule has 0 aliphatic heterocycles.